The van der Waals surface area contributed by atoms with Crippen LogP contribution in [-0.2, 0) is 6.42 Å². The summed E-state index contributed by atoms with van der Waals surface area (Å²) in [5.41, 5.74) is 1.72. The molecule has 0 aliphatic carbocycles. The number of halogens is 1. The predicted octanol–water partition coefficient (Wildman–Crippen LogP) is 1.24. The number of hydrogen-bond donors (Lipinski definition) is 0. The number of nitrogens with zero attached hydrogens (tertiary/aromatic N) is 5. The Kier molecular flexibility index (Phi) is 2.72. The SMILES string of the molecule is CCC(Br)Cc1cncc2nnnn12. The van der Waals surface area contributed by atoms with Crippen molar-refractivity contribution >= 4 is 21.6 Å². The highest BCUT2D eigenvalue weighted by Gasteiger charge is 2.08. The molecule has 0 N–H and O–H groups in total. The fourth-order valence-corrected chi connectivity index (χ4v) is 1.57. The minimum atomic E-state index is 0.444. The van der Waals surface area contributed by atoms with Crippen LogP contribution in [0.3, 0.4) is 0 Å². The Morgan fingerprint density at radius 3 is 3.14 bits per heavy atom. The zero-order valence-electron chi connectivity index (χ0n) is 7.76. The minimum Gasteiger partial charge on any atom is -0.259 e. The van der Waals surface area contributed by atoms with Crippen molar-refractivity contribution in [2.75, 3.05) is 0 Å². The normalized spacial score (nSPS) is 13.3. The lowest BCUT2D eigenvalue weighted by atomic mass is 10.2. The predicted molar refractivity (Wildman–Crippen MR) is 55.3 cm³/mol. The highest BCUT2D eigenvalue weighted by molar-refractivity contribution is 9.09. The molecule has 0 aromatic carbocycles. The smallest absolute Gasteiger partial charge is 0.197 e. The number of tetrazole rings is 1. The Bertz CT molecular complexity index is 426. The van der Waals surface area contributed by atoms with E-state index in [2.05, 4.69) is 43.4 Å². The van der Waals surface area contributed by atoms with Crippen LogP contribution >= 0.6 is 15.9 Å². The third-order valence-electron chi connectivity index (χ3n) is 2.05. The Hall–Kier alpha value is -1.04. The lowest BCUT2D eigenvalue weighted by molar-refractivity contribution is 0.733. The summed E-state index contributed by atoms with van der Waals surface area (Å²) < 4.78 is 1.72. The molecule has 0 bridgehead atoms. The van der Waals surface area contributed by atoms with E-state index in [4.69, 9.17) is 0 Å². The maximum atomic E-state index is 4.09. The summed E-state index contributed by atoms with van der Waals surface area (Å²) in [4.78, 5) is 4.53. The van der Waals surface area contributed by atoms with E-state index < -0.39 is 0 Å². The van der Waals surface area contributed by atoms with Crippen molar-refractivity contribution in [2.24, 2.45) is 0 Å². The fraction of sp³-hybridized carbons (Fsp3) is 0.500. The number of aromatic nitrogens is 5. The van der Waals surface area contributed by atoms with Crippen molar-refractivity contribution < 1.29 is 0 Å². The highest BCUT2D eigenvalue weighted by atomic mass is 79.9. The van der Waals surface area contributed by atoms with E-state index in [9.17, 15) is 0 Å². The molecule has 2 aromatic rings. The summed E-state index contributed by atoms with van der Waals surface area (Å²) in [6.07, 6.45) is 5.40. The topological polar surface area (TPSA) is 56.0 Å². The van der Waals surface area contributed by atoms with Crippen molar-refractivity contribution in [3.63, 3.8) is 0 Å². The molecule has 2 aromatic heterocycles. The summed E-state index contributed by atoms with van der Waals surface area (Å²) in [5, 5.41) is 11.3. The van der Waals surface area contributed by atoms with Crippen LogP contribution in [0.4, 0.5) is 0 Å². The van der Waals surface area contributed by atoms with Crippen molar-refractivity contribution in [3.8, 4) is 0 Å². The fourth-order valence-electron chi connectivity index (χ4n) is 1.23. The van der Waals surface area contributed by atoms with Gasteiger partial charge in [0.1, 0.15) is 0 Å². The zero-order valence-corrected chi connectivity index (χ0v) is 9.35. The monoisotopic (exact) mass is 255 g/mol. The molecule has 0 spiro atoms. The Morgan fingerprint density at radius 2 is 2.36 bits per heavy atom. The molecule has 0 aliphatic heterocycles. The molecule has 0 saturated heterocycles. The van der Waals surface area contributed by atoms with Crippen LogP contribution in [0.15, 0.2) is 12.4 Å². The summed E-state index contributed by atoms with van der Waals surface area (Å²) in [5.74, 6) is 0. The number of fused-ring (bicyclic) bond motifs is 1. The minimum absolute atomic E-state index is 0.444. The van der Waals surface area contributed by atoms with E-state index in [1.54, 1.807) is 16.9 Å². The summed E-state index contributed by atoms with van der Waals surface area (Å²) in [6.45, 7) is 2.13. The van der Waals surface area contributed by atoms with Gasteiger partial charge < -0.3 is 0 Å². The molecule has 0 radical (unpaired) electrons. The van der Waals surface area contributed by atoms with Gasteiger partial charge in [-0.1, -0.05) is 22.9 Å². The third kappa shape index (κ3) is 1.75. The van der Waals surface area contributed by atoms with Crippen LogP contribution in [-0.4, -0.2) is 29.9 Å². The molecule has 0 fully saturated rings. The number of rotatable bonds is 3. The van der Waals surface area contributed by atoms with Crippen LogP contribution < -0.4 is 0 Å². The number of alkyl halides is 1. The Morgan fingerprint density at radius 1 is 1.50 bits per heavy atom. The van der Waals surface area contributed by atoms with Crippen LogP contribution in [0, 0.1) is 0 Å². The van der Waals surface area contributed by atoms with Gasteiger partial charge in [-0.05, 0) is 16.8 Å². The van der Waals surface area contributed by atoms with Crippen molar-refractivity contribution in [1.29, 1.82) is 0 Å². The molecule has 2 heterocycles. The summed E-state index contributed by atoms with van der Waals surface area (Å²) in [6, 6.07) is 0. The van der Waals surface area contributed by atoms with Crippen LogP contribution in [0.5, 0.6) is 0 Å². The van der Waals surface area contributed by atoms with E-state index in [1.165, 1.54) is 0 Å². The molecule has 2 rings (SSSR count). The van der Waals surface area contributed by atoms with E-state index in [-0.39, 0.29) is 0 Å². The van der Waals surface area contributed by atoms with Gasteiger partial charge in [-0.15, -0.1) is 5.10 Å². The second kappa shape index (κ2) is 4.00. The van der Waals surface area contributed by atoms with Gasteiger partial charge in [0.05, 0.1) is 11.9 Å². The van der Waals surface area contributed by atoms with Crippen LogP contribution in [0.1, 0.15) is 19.0 Å². The summed E-state index contributed by atoms with van der Waals surface area (Å²) >= 11 is 3.58. The molecule has 5 nitrogen and oxygen atoms in total. The van der Waals surface area contributed by atoms with Crippen molar-refractivity contribution in [3.05, 3.63) is 18.1 Å². The van der Waals surface area contributed by atoms with Gasteiger partial charge in [0.15, 0.2) is 5.65 Å². The van der Waals surface area contributed by atoms with Crippen molar-refractivity contribution in [2.45, 2.75) is 24.6 Å². The van der Waals surface area contributed by atoms with Gasteiger partial charge in [0.25, 0.3) is 0 Å². The first kappa shape index (κ1) is 9.51. The maximum absolute atomic E-state index is 4.09. The molecule has 14 heavy (non-hydrogen) atoms. The van der Waals surface area contributed by atoms with Gasteiger partial charge in [0, 0.05) is 17.4 Å². The standard InChI is InChI=1S/C8H10BrN5/c1-2-6(9)3-7-4-10-5-8-11-12-13-14(7)8/h4-6H,2-3H2,1H3. The first-order valence-corrected chi connectivity index (χ1v) is 5.38. The van der Waals surface area contributed by atoms with E-state index in [1.807, 2.05) is 0 Å². The molecule has 0 aliphatic rings. The van der Waals surface area contributed by atoms with Gasteiger partial charge in [-0.3, -0.25) is 4.98 Å². The van der Waals surface area contributed by atoms with Crippen molar-refractivity contribution in [1.82, 2.24) is 25.0 Å². The molecule has 0 saturated carbocycles. The highest BCUT2D eigenvalue weighted by Crippen LogP contribution is 2.12. The van der Waals surface area contributed by atoms with E-state index in [0.717, 1.165) is 18.5 Å². The second-order valence-electron chi connectivity index (χ2n) is 3.06. The first-order chi connectivity index (χ1) is 6.81. The van der Waals surface area contributed by atoms with Gasteiger partial charge >= 0.3 is 0 Å². The third-order valence-corrected chi connectivity index (χ3v) is 3.02. The molecular weight excluding hydrogens is 246 g/mol. The number of hydrogen-bond acceptors (Lipinski definition) is 4. The first-order valence-electron chi connectivity index (χ1n) is 4.46. The summed E-state index contributed by atoms with van der Waals surface area (Å²) in [7, 11) is 0. The molecule has 0 amide bonds. The average molecular weight is 256 g/mol. The molecule has 74 valence electrons. The largest absolute Gasteiger partial charge is 0.259 e. The van der Waals surface area contributed by atoms with Crippen LogP contribution in [0.25, 0.3) is 5.65 Å². The molecule has 6 heteroatoms. The average Bonchev–Trinajstić information content (AvgIpc) is 2.66. The Balaban J connectivity index is 2.36. The van der Waals surface area contributed by atoms with Gasteiger partial charge in [-0.25, -0.2) is 0 Å². The quantitative estimate of drug-likeness (QED) is 0.775. The maximum Gasteiger partial charge on any atom is 0.197 e. The molecule has 1 unspecified atom stereocenters. The molecular formula is C8H10BrN5. The lowest BCUT2D eigenvalue weighted by Crippen LogP contribution is -2.07. The van der Waals surface area contributed by atoms with Gasteiger partial charge in [0.2, 0.25) is 0 Å². The van der Waals surface area contributed by atoms with Gasteiger partial charge in [-0.2, -0.15) is 4.52 Å². The van der Waals surface area contributed by atoms with E-state index in [0.29, 0.717) is 10.5 Å². The lowest BCUT2D eigenvalue weighted by Gasteiger charge is -2.06. The molecule has 1 atom stereocenters. The van der Waals surface area contributed by atoms with Crippen LogP contribution in [0.2, 0.25) is 0 Å². The zero-order chi connectivity index (χ0) is 9.97. The second-order valence-corrected chi connectivity index (χ2v) is 4.35. The van der Waals surface area contributed by atoms with E-state index >= 15 is 0 Å². The Labute approximate surface area is 89.7 Å².